The first kappa shape index (κ1) is 21.9. The van der Waals surface area contributed by atoms with Crippen LogP contribution in [0.25, 0.3) is 22.4 Å². The van der Waals surface area contributed by atoms with Gasteiger partial charge < -0.3 is 19.0 Å². The largest absolute Gasteiger partial charge is 0.444 e. The van der Waals surface area contributed by atoms with Crippen LogP contribution in [0.1, 0.15) is 27.7 Å². The molecule has 10 heteroatoms. The van der Waals surface area contributed by atoms with Crippen molar-refractivity contribution in [1.82, 2.24) is 14.9 Å². The summed E-state index contributed by atoms with van der Waals surface area (Å²) in [5, 5.41) is 0. The summed E-state index contributed by atoms with van der Waals surface area (Å²) in [5.41, 5.74) is -1.46. The second kappa shape index (κ2) is 7.99. The fraction of sp³-hybridized carbons (Fsp3) is 0.409. The Morgan fingerprint density at radius 2 is 1.91 bits per heavy atom. The summed E-state index contributed by atoms with van der Waals surface area (Å²) in [6.07, 6.45) is 0.978. The molecule has 2 aromatic heterocycles. The van der Waals surface area contributed by atoms with Gasteiger partial charge in [0.2, 0.25) is 0 Å². The molecule has 1 aliphatic rings. The van der Waals surface area contributed by atoms with E-state index >= 15 is 0 Å². The van der Waals surface area contributed by atoms with Crippen LogP contribution in [0.4, 0.5) is 24.0 Å². The molecule has 0 radical (unpaired) electrons. The first-order valence-electron chi connectivity index (χ1n) is 10.2. The number of carbonyl (C=O) groups is 1. The predicted octanol–water partition coefficient (Wildman–Crippen LogP) is 4.75. The van der Waals surface area contributed by atoms with Gasteiger partial charge in [0.15, 0.2) is 28.6 Å². The van der Waals surface area contributed by atoms with E-state index in [1.807, 2.05) is 6.92 Å². The number of oxazole rings is 1. The highest BCUT2D eigenvalue weighted by atomic mass is 19.2. The maximum absolute atomic E-state index is 14.7. The van der Waals surface area contributed by atoms with Crippen LogP contribution in [0.15, 0.2) is 28.8 Å². The molecule has 0 bridgehead atoms. The Balaban J connectivity index is 1.68. The van der Waals surface area contributed by atoms with Crippen molar-refractivity contribution in [3.05, 3.63) is 41.8 Å². The van der Waals surface area contributed by atoms with Crippen molar-refractivity contribution >= 4 is 23.2 Å². The van der Waals surface area contributed by atoms with E-state index in [9.17, 15) is 18.0 Å². The molecule has 1 aliphatic heterocycles. The minimum atomic E-state index is -1.64. The molecule has 0 aliphatic carbocycles. The first-order valence-corrected chi connectivity index (χ1v) is 10.2. The third-order valence-corrected chi connectivity index (χ3v) is 5.10. The maximum Gasteiger partial charge on any atom is 0.410 e. The minimum absolute atomic E-state index is 0.0115. The normalized spacial score (nSPS) is 17.2. The zero-order chi connectivity index (χ0) is 23.2. The number of hydrogen-bond acceptors (Lipinski definition) is 6. The van der Waals surface area contributed by atoms with E-state index in [0.717, 1.165) is 0 Å². The van der Waals surface area contributed by atoms with E-state index in [4.69, 9.17) is 9.15 Å². The van der Waals surface area contributed by atoms with Gasteiger partial charge >= 0.3 is 6.09 Å². The Hall–Kier alpha value is -3.30. The molecular formula is C22H23F3N4O3. The lowest BCUT2D eigenvalue weighted by atomic mass is 10.1. The molecule has 3 aromatic rings. The molecule has 1 fully saturated rings. The van der Waals surface area contributed by atoms with Crippen LogP contribution < -0.4 is 4.90 Å². The molecule has 170 valence electrons. The topological polar surface area (TPSA) is 71.7 Å². The lowest BCUT2D eigenvalue weighted by Crippen LogP contribution is -2.54. The molecule has 0 N–H and O–H groups in total. The van der Waals surface area contributed by atoms with E-state index in [-0.39, 0.29) is 28.9 Å². The molecule has 3 heterocycles. The zero-order valence-corrected chi connectivity index (χ0v) is 18.2. The van der Waals surface area contributed by atoms with Crippen LogP contribution in [-0.4, -0.2) is 52.2 Å². The number of amides is 1. The molecule has 0 saturated carbocycles. The Labute approximate surface area is 182 Å². The van der Waals surface area contributed by atoms with Gasteiger partial charge in [-0.05, 0) is 39.8 Å². The third kappa shape index (κ3) is 3.96. The lowest BCUT2D eigenvalue weighted by molar-refractivity contribution is 0.0216. The third-order valence-electron chi connectivity index (χ3n) is 5.10. The highest BCUT2D eigenvalue weighted by Crippen LogP contribution is 2.37. The number of pyridine rings is 1. The van der Waals surface area contributed by atoms with Crippen molar-refractivity contribution in [2.24, 2.45) is 0 Å². The summed E-state index contributed by atoms with van der Waals surface area (Å²) >= 11 is 0. The average Bonchev–Trinajstić information content (AvgIpc) is 3.16. The molecule has 1 aromatic carbocycles. The van der Waals surface area contributed by atoms with Gasteiger partial charge in [-0.25, -0.2) is 18.0 Å². The van der Waals surface area contributed by atoms with E-state index in [1.165, 1.54) is 12.3 Å². The number of hydrogen-bond donors (Lipinski definition) is 0. The van der Waals surface area contributed by atoms with Crippen LogP contribution in [-0.2, 0) is 4.74 Å². The number of benzene rings is 1. The minimum Gasteiger partial charge on any atom is -0.444 e. The number of piperazine rings is 1. The van der Waals surface area contributed by atoms with Gasteiger partial charge in [0.1, 0.15) is 5.60 Å². The molecule has 1 saturated heterocycles. The van der Waals surface area contributed by atoms with Crippen molar-refractivity contribution in [3.63, 3.8) is 0 Å². The van der Waals surface area contributed by atoms with Gasteiger partial charge in [0, 0.05) is 31.9 Å². The van der Waals surface area contributed by atoms with Crippen molar-refractivity contribution in [1.29, 1.82) is 0 Å². The Bertz CT molecular complexity index is 1160. The number of rotatable bonds is 2. The fourth-order valence-electron chi connectivity index (χ4n) is 3.63. The van der Waals surface area contributed by atoms with Gasteiger partial charge in [-0.3, -0.25) is 4.98 Å². The van der Waals surface area contributed by atoms with Gasteiger partial charge in [-0.2, -0.15) is 4.98 Å². The fourth-order valence-corrected chi connectivity index (χ4v) is 3.63. The van der Waals surface area contributed by atoms with Gasteiger partial charge in [-0.15, -0.1) is 0 Å². The monoisotopic (exact) mass is 448 g/mol. The van der Waals surface area contributed by atoms with Gasteiger partial charge in [-0.1, -0.05) is 6.07 Å². The zero-order valence-electron chi connectivity index (χ0n) is 18.2. The molecule has 0 spiro atoms. The second-order valence-corrected chi connectivity index (χ2v) is 8.67. The summed E-state index contributed by atoms with van der Waals surface area (Å²) in [4.78, 5) is 23.8. The van der Waals surface area contributed by atoms with Crippen molar-refractivity contribution in [2.75, 3.05) is 24.5 Å². The van der Waals surface area contributed by atoms with Gasteiger partial charge in [0.05, 0.1) is 11.3 Å². The standard InChI is InChI=1S/C22H23F3N4O3/c1-12-11-28(21(30)32-22(2,3)4)9-10-29(12)20-27-18-17(25)16(24)15(23)14(19(18)31-20)13-7-5-6-8-26-13/h5-8,12H,9-11H2,1-4H3. The Morgan fingerprint density at radius 3 is 2.53 bits per heavy atom. The molecule has 7 nitrogen and oxygen atoms in total. The number of ether oxygens (including phenoxy) is 1. The second-order valence-electron chi connectivity index (χ2n) is 8.67. The SMILES string of the molecule is CC1CN(C(=O)OC(C)(C)C)CCN1c1nc2c(F)c(F)c(F)c(-c3ccccn3)c2o1. The summed E-state index contributed by atoms with van der Waals surface area (Å²) in [6.45, 7) is 8.14. The first-order chi connectivity index (χ1) is 15.1. The number of fused-ring (bicyclic) bond motifs is 1. The average molecular weight is 448 g/mol. The van der Waals surface area contributed by atoms with Crippen molar-refractivity contribution in [2.45, 2.75) is 39.3 Å². The van der Waals surface area contributed by atoms with Crippen LogP contribution in [0, 0.1) is 17.5 Å². The highest BCUT2D eigenvalue weighted by molar-refractivity contribution is 5.91. The van der Waals surface area contributed by atoms with E-state index in [2.05, 4.69) is 9.97 Å². The van der Waals surface area contributed by atoms with Crippen LogP contribution in [0.3, 0.4) is 0 Å². The lowest BCUT2D eigenvalue weighted by Gasteiger charge is -2.39. The van der Waals surface area contributed by atoms with E-state index in [0.29, 0.717) is 19.6 Å². The summed E-state index contributed by atoms with van der Waals surface area (Å²) in [7, 11) is 0. The summed E-state index contributed by atoms with van der Waals surface area (Å²) in [5.74, 6) is -4.45. The Morgan fingerprint density at radius 1 is 1.16 bits per heavy atom. The summed E-state index contributed by atoms with van der Waals surface area (Å²) in [6, 6.07) is 4.44. The van der Waals surface area contributed by atoms with Crippen LogP contribution in [0.2, 0.25) is 0 Å². The molecule has 4 rings (SSSR count). The Kier molecular flexibility index (Phi) is 5.47. The number of carbonyl (C=O) groups excluding carboxylic acids is 1. The van der Waals surface area contributed by atoms with Crippen LogP contribution in [0.5, 0.6) is 0 Å². The quantitative estimate of drug-likeness (QED) is 0.527. The van der Waals surface area contributed by atoms with E-state index in [1.54, 1.807) is 42.7 Å². The molecule has 1 amide bonds. The maximum atomic E-state index is 14.7. The van der Waals surface area contributed by atoms with Crippen molar-refractivity contribution in [3.8, 4) is 11.3 Å². The van der Waals surface area contributed by atoms with Crippen LogP contribution >= 0.6 is 0 Å². The highest BCUT2D eigenvalue weighted by Gasteiger charge is 2.34. The predicted molar refractivity (Wildman–Crippen MR) is 112 cm³/mol. The summed E-state index contributed by atoms with van der Waals surface area (Å²) < 4.78 is 54.6. The molecule has 32 heavy (non-hydrogen) atoms. The molecular weight excluding hydrogens is 425 g/mol. The molecule has 1 atom stereocenters. The smallest absolute Gasteiger partial charge is 0.410 e. The molecule has 1 unspecified atom stereocenters. The number of nitrogens with zero attached hydrogens (tertiary/aromatic N) is 4. The van der Waals surface area contributed by atoms with Gasteiger partial charge in [0.25, 0.3) is 6.01 Å². The number of aromatic nitrogens is 2. The van der Waals surface area contributed by atoms with Crippen molar-refractivity contribution < 1.29 is 27.1 Å². The number of anilines is 1. The number of halogens is 3. The van der Waals surface area contributed by atoms with E-state index < -0.39 is 34.7 Å².